The quantitative estimate of drug-likeness (QED) is 0.572. The first-order valence-electron chi connectivity index (χ1n) is 3.78. The fourth-order valence-corrected chi connectivity index (χ4v) is 1.60. The summed E-state index contributed by atoms with van der Waals surface area (Å²) in [5, 5.41) is 0. The number of carbonyl (C=O) groups is 1. The standard InChI is InChI=1S/C9H6N2O/c12-9-6-3-5-11(9)8(6)7-2-1-4-10-7/h1-5,10H. The fraction of sp³-hybridized carbons (Fsp3) is 0. The molecule has 0 aliphatic carbocycles. The molecular weight excluding hydrogens is 152 g/mol. The molecule has 0 fully saturated rings. The Morgan fingerprint density at radius 1 is 1.33 bits per heavy atom. The summed E-state index contributed by atoms with van der Waals surface area (Å²) in [6.45, 7) is 0. The lowest BCUT2D eigenvalue weighted by Gasteiger charge is -2.15. The van der Waals surface area contributed by atoms with Crippen molar-refractivity contribution in [3.05, 3.63) is 36.2 Å². The molecule has 4 heterocycles. The molecule has 1 N–H and O–H groups in total. The first kappa shape index (κ1) is 5.83. The highest BCUT2D eigenvalue weighted by molar-refractivity contribution is 6.12. The molecule has 3 heteroatoms. The zero-order chi connectivity index (χ0) is 8.13. The Morgan fingerprint density at radius 2 is 2.25 bits per heavy atom. The predicted octanol–water partition coefficient (Wildman–Crippen LogP) is 1.49. The van der Waals surface area contributed by atoms with Crippen molar-refractivity contribution in [2.24, 2.45) is 0 Å². The molecule has 0 unspecified atom stereocenters. The predicted molar refractivity (Wildman–Crippen MR) is 43.9 cm³/mol. The topological polar surface area (TPSA) is 37.8 Å². The van der Waals surface area contributed by atoms with Crippen LogP contribution in [0.3, 0.4) is 0 Å². The summed E-state index contributed by atoms with van der Waals surface area (Å²) in [7, 11) is 0. The maximum absolute atomic E-state index is 11.1. The molecule has 12 heavy (non-hydrogen) atoms. The SMILES string of the molecule is O=C1c2ccn1c2-c1ccc[nH]1. The number of H-pyrrole nitrogens is 1. The summed E-state index contributed by atoms with van der Waals surface area (Å²) < 4.78 is 1.65. The van der Waals surface area contributed by atoms with Crippen molar-refractivity contribution in [1.29, 1.82) is 0 Å². The average Bonchev–Trinajstić information content (AvgIpc) is 2.76. The van der Waals surface area contributed by atoms with Crippen molar-refractivity contribution in [2.45, 2.75) is 0 Å². The van der Waals surface area contributed by atoms with Crippen LogP contribution < -0.4 is 0 Å². The maximum atomic E-state index is 11.1. The van der Waals surface area contributed by atoms with E-state index in [4.69, 9.17) is 0 Å². The van der Waals surface area contributed by atoms with E-state index in [9.17, 15) is 4.79 Å². The van der Waals surface area contributed by atoms with E-state index < -0.39 is 0 Å². The third kappa shape index (κ3) is 0.471. The minimum atomic E-state index is 0.111. The summed E-state index contributed by atoms with van der Waals surface area (Å²) in [5.41, 5.74) is 2.83. The smallest absolute Gasteiger partial charge is 0.264 e. The lowest BCUT2D eigenvalue weighted by atomic mass is 10.1. The van der Waals surface area contributed by atoms with Gasteiger partial charge in [0.05, 0.1) is 17.0 Å². The minimum absolute atomic E-state index is 0.111. The number of nitrogens with one attached hydrogen (secondary N) is 1. The van der Waals surface area contributed by atoms with E-state index in [0.717, 1.165) is 17.0 Å². The Kier molecular flexibility index (Phi) is 0.821. The van der Waals surface area contributed by atoms with Gasteiger partial charge in [0, 0.05) is 12.4 Å². The second kappa shape index (κ2) is 1.69. The van der Waals surface area contributed by atoms with Crippen molar-refractivity contribution >= 4 is 5.91 Å². The van der Waals surface area contributed by atoms with Crippen LogP contribution in [-0.2, 0) is 0 Å². The van der Waals surface area contributed by atoms with Crippen LogP contribution >= 0.6 is 0 Å². The van der Waals surface area contributed by atoms with Gasteiger partial charge < -0.3 is 4.98 Å². The number of carbonyl (C=O) groups excluding carboxylic acids is 1. The number of fused-ring (bicyclic) bond motifs is 1. The second-order valence-corrected chi connectivity index (χ2v) is 2.84. The van der Waals surface area contributed by atoms with Crippen LogP contribution in [0.5, 0.6) is 0 Å². The number of hydrogen-bond donors (Lipinski definition) is 1. The van der Waals surface area contributed by atoms with Gasteiger partial charge in [-0.3, -0.25) is 9.36 Å². The first-order chi connectivity index (χ1) is 5.88. The summed E-state index contributed by atoms with van der Waals surface area (Å²) >= 11 is 0. The molecule has 0 saturated heterocycles. The van der Waals surface area contributed by atoms with Crippen LogP contribution in [0.15, 0.2) is 30.6 Å². The van der Waals surface area contributed by atoms with Gasteiger partial charge in [-0.05, 0) is 18.2 Å². The molecule has 3 nitrogen and oxygen atoms in total. The van der Waals surface area contributed by atoms with E-state index in [1.54, 1.807) is 10.8 Å². The number of aromatic nitrogens is 2. The van der Waals surface area contributed by atoms with Gasteiger partial charge in [-0.1, -0.05) is 0 Å². The molecule has 4 rings (SSSR count). The molecule has 0 radical (unpaired) electrons. The lowest BCUT2D eigenvalue weighted by molar-refractivity contribution is 0.0947. The molecule has 2 aromatic heterocycles. The number of nitrogens with zero attached hydrogens (tertiary/aromatic N) is 1. The zero-order valence-corrected chi connectivity index (χ0v) is 6.24. The van der Waals surface area contributed by atoms with Gasteiger partial charge in [0.1, 0.15) is 0 Å². The Bertz CT molecular complexity index is 427. The van der Waals surface area contributed by atoms with Crippen LogP contribution in [0.4, 0.5) is 0 Å². The monoisotopic (exact) mass is 158 g/mol. The Hall–Kier alpha value is -1.77. The maximum Gasteiger partial charge on any atom is 0.264 e. The van der Waals surface area contributed by atoms with E-state index in [-0.39, 0.29) is 5.91 Å². The highest BCUT2D eigenvalue weighted by Crippen LogP contribution is 2.32. The van der Waals surface area contributed by atoms with Crippen LogP contribution in [0.25, 0.3) is 11.4 Å². The Balaban J connectivity index is 2.25. The van der Waals surface area contributed by atoms with Gasteiger partial charge in [0.2, 0.25) is 0 Å². The van der Waals surface area contributed by atoms with E-state index in [0.29, 0.717) is 0 Å². The highest BCUT2D eigenvalue weighted by atomic mass is 16.2. The molecule has 0 aromatic carbocycles. The second-order valence-electron chi connectivity index (χ2n) is 2.84. The van der Waals surface area contributed by atoms with Gasteiger partial charge in [0.15, 0.2) is 0 Å². The third-order valence-electron chi connectivity index (χ3n) is 2.19. The van der Waals surface area contributed by atoms with Crippen LogP contribution in [-0.4, -0.2) is 15.5 Å². The van der Waals surface area contributed by atoms with Crippen LogP contribution in [0.2, 0.25) is 0 Å². The Morgan fingerprint density at radius 3 is 2.75 bits per heavy atom. The van der Waals surface area contributed by atoms with Gasteiger partial charge in [-0.25, -0.2) is 0 Å². The average molecular weight is 158 g/mol. The van der Waals surface area contributed by atoms with Crippen molar-refractivity contribution < 1.29 is 4.79 Å². The summed E-state index contributed by atoms with van der Waals surface area (Å²) in [5.74, 6) is 0.111. The number of hydrogen-bond acceptors (Lipinski definition) is 1. The number of rotatable bonds is 1. The normalized spacial score (nSPS) is 13.2. The van der Waals surface area contributed by atoms with Crippen molar-refractivity contribution in [2.75, 3.05) is 0 Å². The summed E-state index contributed by atoms with van der Waals surface area (Å²) in [6.07, 6.45) is 3.65. The van der Waals surface area contributed by atoms with Crippen molar-refractivity contribution in [1.82, 2.24) is 9.55 Å². The Labute approximate surface area is 68.6 Å². The molecule has 0 amide bonds. The zero-order valence-electron chi connectivity index (χ0n) is 6.24. The van der Waals surface area contributed by atoms with Gasteiger partial charge in [0.25, 0.3) is 5.91 Å². The van der Waals surface area contributed by atoms with Gasteiger partial charge in [-0.15, -0.1) is 0 Å². The molecule has 2 aliphatic rings. The minimum Gasteiger partial charge on any atom is -0.360 e. The fourth-order valence-electron chi connectivity index (χ4n) is 1.60. The van der Waals surface area contributed by atoms with E-state index in [1.807, 2.05) is 24.4 Å². The van der Waals surface area contributed by atoms with Crippen LogP contribution in [0.1, 0.15) is 10.4 Å². The first-order valence-corrected chi connectivity index (χ1v) is 3.78. The van der Waals surface area contributed by atoms with Crippen LogP contribution in [0, 0.1) is 0 Å². The van der Waals surface area contributed by atoms with E-state index in [1.165, 1.54) is 0 Å². The third-order valence-corrected chi connectivity index (χ3v) is 2.19. The molecule has 0 spiro atoms. The lowest BCUT2D eigenvalue weighted by Crippen LogP contribution is -2.20. The van der Waals surface area contributed by atoms with Crippen molar-refractivity contribution in [3.63, 3.8) is 0 Å². The van der Waals surface area contributed by atoms with E-state index >= 15 is 0 Å². The molecule has 2 aliphatic heterocycles. The molecule has 0 atom stereocenters. The van der Waals surface area contributed by atoms with Gasteiger partial charge in [-0.2, -0.15) is 0 Å². The summed E-state index contributed by atoms with van der Waals surface area (Å²) in [4.78, 5) is 14.2. The molecule has 2 bridgehead atoms. The van der Waals surface area contributed by atoms with Gasteiger partial charge >= 0.3 is 0 Å². The highest BCUT2D eigenvalue weighted by Gasteiger charge is 2.30. The molecular formula is C9H6N2O. The van der Waals surface area contributed by atoms with E-state index in [2.05, 4.69) is 4.98 Å². The largest absolute Gasteiger partial charge is 0.360 e. The molecule has 58 valence electrons. The molecule has 2 aromatic rings. The number of aromatic amines is 1. The summed E-state index contributed by atoms with van der Waals surface area (Å²) in [6, 6.07) is 5.73. The van der Waals surface area contributed by atoms with Crippen molar-refractivity contribution in [3.8, 4) is 11.4 Å². The molecule has 0 saturated carbocycles.